The number of anilines is 1. The summed E-state index contributed by atoms with van der Waals surface area (Å²) in [5.74, 6) is -0.439. The Morgan fingerprint density at radius 1 is 1.12 bits per heavy atom. The molecule has 1 amide bonds. The number of halogens is 3. The average Bonchev–Trinajstić information content (AvgIpc) is 2.93. The molecule has 0 saturated carbocycles. The van der Waals surface area contributed by atoms with Crippen LogP contribution in [0.4, 0.5) is 19.0 Å². The van der Waals surface area contributed by atoms with Gasteiger partial charge < -0.3 is 5.32 Å². The molecule has 0 radical (unpaired) electrons. The van der Waals surface area contributed by atoms with E-state index in [9.17, 15) is 18.0 Å². The van der Waals surface area contributed by atoms with E-state index >= 15 is 0 Å². The number of nitrogens with one attached hydrogen (secondary N) is 1. The Hall–Kier alpha value is -3.23. The van der Waals surface area contributed by atoms with Gasteiger partial charge in [0.25, 0.3) is 5.91 Å². The number of rotatable bonds is 3. The number of nitrogens with zero attached hydrogens (tertiary/aromatic N) is 4. The monoisotopic (exact) mass is 361 g/mol. The van der Waals surface area contributed by atoms with Crippen molar-refractivity contribution in [1.82, 2.24) is 19.7 Å². The predicted octanol–water partition coefficient (Wildman–Crippen LogP) is 3.55. The van der Waals surface area contributed by atoms with Crippen molar-refractivity contribution < 1.29 is 18.0 Å². The van der Waals surface area contributed by atoms with Gasteiger partial charge in [0.1, 0.15) is 12.1 Å². The number of aromatic nitrogens is 4. The van der Waals surface area contributed by atoms with Crippen LogP contribution in [0.2, 0.25) is 0 Å². The van der Waals surface area contributed by atoms with E-state index in [-0.39, 0.29) is 5.82 Å². The van der Waals surface area contributed by atoms with Crippen LogP contribution in [0.3, 0.4) is 0 Å². The lowest BCUT2D eigenvalue weighted by molar-refractivity contribution is -0.137. The SMILES string of the molecule is Cc1cc(C)n(-c2cc(NC(=O)c3ccccc3C(F)(F)F)ncn2)n1. The number of amides is 1. The third-order valence-electron chi connectivity index (χ3n) is 3.60. The van der Waals surface area contributed by atoms with E-state index < -0.39 is 23.2 Å². The minimum atomic E-state index is -4.63. The zero-order valence-electron chi connectivity index (χ0n) is 13.9. The lowest BCUT2D eigenvalue weighted by atomic mass is 10.1. The highest BCUT2D eigenvalue weighted by atomic mass is 19.4. The highest BCUT2D eigenvalue weighted by Gasteiger charge is 2.34. The van der Waals surface area contributed by atoms with E-state index in [0.717, 1.165) is 23.5 Å². The fourth-order valence-electron chi connectivity index (χ4n) is 2.50. The molecule has 0 aliphatic heterocycles. The van der Waals surface area contributed by atoms with Crippen molar-refractivity contribution in [2.75, 3.05) is 5.32 Å². The molecule has 0 aliphatic rings. The second-order valence-corrected chi connectivity index (χ2v) is 5.60. The van der Waals surface area contributed by atoms with Gasteiger partial charge in [0, 0.05) is 11.8 Å². The molecule has 2 heterocycles. The maximum absolute atomic E-state index is 13.1. The number of hydrogen-bond donors (Lipinski definition) is 1. The number of alkyl halides is 3. The topological polar surface area (TPSA) is 72.7 Å². The van der Waals surface area contributed by atoms with Crippen LogP contribution in [0.15, 0.2) is 42.7 Å². The standard InChI is InChI=1S/C17H14F3N5O/c1-10-7-11(2)25(24-10)15-8-14(21-9-22-15)23-16(26)12-5-3-4-6-13(12)17(18,19)20/h3-9H,1-2H3,(H,21,22,23,26). The summed E-state index contributed by atoms with van der Waals surface area (Å²) in [6.07, 6.45) is -3.43. The van der Waals surface area contributed by atoms with Crippen LogP contribution >= 0.6 is 0 Å². The van der Waals surface area contributed by atoms with Gasteiger partial charge in [-0.05, 0) is 32.0 Å². The summed E-state index contributed by atoms with van der Waals surface area (Å²) in [5.41, 5.74) is 0.114. The molecule has 134 valence electrons. The Bertz CT molecular complexity index is 965. The van der Waals surface area contributed by atoms with Gasteiger partial charge in [0.05, 0.1) is 16.8 Å². The van der Waals surface area contributed by atoms with E-state index in [2.05, 4.69) is 20.4 Å². The quantitative estimate of drug-likeness (QED) is 0.774. The Morgan fingerprint density at radius 3 is 2.50 bits per heavy atom. The molecule has 0 bridgehead atoms. The normalized spacial score (nSPS) is 11.4. The summed E-state index contributed by atoms with van der Waals surface area (Å²) >= 11 is 0. The first kappa shape index (κ1) is 17.6. The van der Waals surface area contributed by atoms with Crippen molar-refractivity contribution in [1.29, 1.82) is 0 Å². The second kappa shape index (κ2) is 6.58. The number of aryl methyl sites for hydroxylation is 2. The summed E-state index contributed by atoms with van der Waals surface area (Å²) in [4.78, 5) is 20.3. The molecule has 3 rings (SSSR count). The van der Waals surface area contributed by atoms with Crippen molar-refractivity contribution in [3.8, 4) is 5.82 Å². The molecule has 9 heteroatoms. The molecule has 0 fully saturated rings. The zero-order valence-corrected chi connectivity index (χ0v) is 13.9. The largest absolute Gasteiger partial charge is 0.417 e. The molecular weight excluding hydrogens is 347 g/mol. The average molecular weight is 361 g/mol. The van der Waals surface area contributed by atoms with Crippen molar-refractivity contribution in [2.45, 2.75) is 20.0 Å². The van der Waals surface area contributed by atoms with E-state index in [1.54, 1.807) is 4.68 Å². The van der Waals surface area contributed by atoms with Crippen molar-refractivity contribution in [2.24, 2.45) is 0 Å². The smallest absolute Gasteiger partial charge is 0.306 e. The minimum Gasteiger partial charge on any atom is -0.306 e. The van der Waals surface area contributed by atoms with Crippen LogP contribution < -0.4 is 5.32 Å². The second-order valence-electron chi connectivity index (χ2n) is 5.60. The minimum absolute atomic E-state index is 0.0736. The van der Waals surface area contributed by atoms with Gasteiger partial charge in [-0.25, -0.2) is 14.6 Å². The molecule has 3 aromatic rings. The molecule has 0 saturated heterocycles. The van der Waals surface area contributed by atoms with Crippen molar-refractivity contribution in [3.63, 3.8) is 0 Å². The van der Waals surface area contributed by atoms with Crippen molar-refractivity contribution in [3.05, 3.63) is 65.2 Å². The highest BCUT2D eigenvalue weighted by molar-refractivity contribution is 6.05. The molecule has 1 aromatic carbocycles. The van der Waals surface area contributed by atoms with Gasteiger partial charge in [0.2, 0.25) is 0 Å². The van der Waals surface area contributed by atoms with Gasteiger partial charge in [0.15, 0.2) is 5.82 Å². The van der Waals surface area contributed by atoms with E-state index in [1.165, 1.54) is 24.5 Å². The molecule has 2 aromatic heterocycles. The van der Waals surface area contributed by atoms with Crippen LogP contribution in [-0.4, -0.2) is 25.7 Å². The van der Waals surface area contributed by atoms with Crippen molar-refractivity contribution >= 4 is 11.7 Å². The van der Waals surface area contributed by atoms with Gasteiger partial charge in [-0.3, -0.25) is 4.79 Å². The molecule has 0 unspecified atom stereocenters. The van der Waals surface area contributed by atoms with Gasteiger partial charge in [-0.1, -0.05) is 12.1 Å². The molecule has 0 atom stereocenters. The third-order valence-corrected chi connectivity index (χ3v) is 3.60. The molecule has 0 spiro atoms. The van der Waals surface area contributed by atoms with E-state index in [0.29, 0.717) is 5.82 Å². The molecular formula is C17H14F3N5O. The van der Waals surface area contributed by atoms with Crippen LogP contribution in [0.1, 0.15) is 27.3 Å². The van der Waals surface area contributed by atoms with Gasteiger partial charge in [-0.2, -0.15) is 18.3 Å². The predicted molar refractivity (Wildman–Crippen MR) is 88.0 cm³/mol. The highest BCUT2D eigenvalue weighted by Crippen LogP contribution is 2.32. The number of hydrogen-bond acceptors (Lipinski definition) is 4. The molecule has 0 aliphatic carbocycles. The van der Waals surface area contributed by atoms with Crippen LogP contribution in [0.5, 0.6) is 0 Å². The Labute approximate surface area is 146 Å². The van der Waals surface area contributed by atoms with Gasteiger partial charge >= 0.3 is 6.18 Å². The fourth-order valence-corrected chi connectivity index (χ4v) is 2.50. The zero-order chi connectivity index (χ0) is 18.9. The summed E-state index contributed by atoms with van der Waals surface area (Å²) < 4.78 is 40.7. The Kier molecular flexibility index (Phi) is 4.45. The summed E-state index contributed by atoms with van der Waals surface area (Å²) in [7, 11) is 0. The Morgan fingerprint density at radius 2 is 1.85 bits per heavy atom. The summed E-state index contributed by atoms with van der Waals surface area (Å²) in [5, 5.41) is 6.65. The molecule has 26 heavy (non-hydrogen) atoms. The number of benzene rings is 1. The fraction of sp³-hybridized carbons (Fsp3) is 0.176. The first-order chi connectivity index (χ1) is 12.3. The summed E-state index contributed by atoms with van der Waals surface area (Å²) in [6.45, 7) is 3.65. The van der Waals surface area contributed by atoms with Crippen LogP contribution in [0, 0.1) is 13.8 Å². The lowest BCUT2D eigenvalue weighted by Crippen LogP contribution is -2.19. The van der Waals surface area contributed by atoms with Crippen LogP contribution in [-0.2, 0) is 6.18 Å². The summed E-state index contributed by atoms with van der Waals surface area (Å²) in [6, 6.07) is 7.85. The lowest BCUT2D eigenvalue weighted by Gasteiger charge is -2.12. The maximum Gasteiger partial charge on any atom is 0.417 e. The van der Waals surface area contributed by atoms with Gasteiger partial charge in [-0.15, -0.1) is 0 Å². The van der Waals surface area contributed by atoms with Crippen LogP contribution in [0.25, 0.3) is 5.82 Å². The van der Waals surface area contributed by atoms with E-state index in [4.69, 9.17) is 0 Å². The molecule has 1 N–H and O–H groups in total. The number of carbonyl (C=O) groups excluding carboxylic acids is 1. The molecule has 6 nitrogen and oxygen atoms in total. The first-order valence-electron chi connectivity index (χ1n) is 7.59. The Balaban J connectivity index is 1.90. The van der Waals surface area contributed by atoms with E-state index in [1.807, 2.05) is 19.9 Å². The number of carbonyl (C=O) groups is 1. The first-order valence-corrected chi connectivity index (χ1v) is 7.59. The third kappa shape index (κ3) is 3.56. The maximum atomic E-state index is 13.1.